The van der Waals surface area contributed by atoms with Crippen molar-refractivity contribution in [3.63, 3.8) is 0 Å². The Kier molecular flexibility index (Phi) is 6.76. The number of hydrogen-bond donors (Lipinski definition) is 2. The van der Waals surface area contributed by atoms with Crippen molar-refractivity contribution in [3.8, 4) is 0 Å². The summed E-state index contributed by atoms with van der Waals surface area (Å²) in [7, 11) is 1.57. The smallest absolute Gasteiger partial charge is 0.281 e. The average Bonchev–Trinajstić information content (AvgIpc) is 2.90. The van der Waals surface area contributed by atoms with Gasteiger partial charge in [-0.05, 0) is 18.4 Å². The van der Waals surface area contributed by atoms with Crippen molar-refractivity contribution in [1.82, 2.24) is 10.7 Å². The molecule has 1 aromatic rings. The molecule has 0 unspecified atom stereocenters. The summed E-state index contributed by atoms with van der Waals surface area (Å²) in [6.45, 7) is 2.62. The van der Waals surface area contributed by atoms with Crippen LogP contribution in [0.25, 0.3) is 0 Å². The topological polar surface area (TPSA) is 79.8 Å². The van der Waals surface area contributed by atoms with Crippen LogP contribution < -0.4 is 10.7 Å². The van der Waals surface area contributed by atoms with Gasteiger partial charge in [0.25, 0.3) is 5.91 Å². The fourth-order valence-electron chi connectivity index (χ4n) is 1.24. The number of ether oxygens (including phenoxy) is 1. The molecule has 19 heavy (non-hydrogen) atoms. The van der Waals surface area contributed by atoms with E-state index in [1.54, 1.807) is 26.2 Å². The maximum Gasteiger partial charge on any atom is 0.281 e. The number of carbonyl (C=O) groups excluding carboxylic acids is 2. The number of carbonyl (C=O) groups is 2. The van der Waals surface area contributed by atoms with Crippen LogP contribution in [0.1, 0.15) is 23.0 Å². The summed E-state index contributed by atoms with van der Waals surface area (Å²) in [5, 5.41) is 8.37. The molecule has 1 rings (SSSR count). The third-order valence-electron chi connectivity index (χ3n) is 2.14. The van der Waals surface area contributed by atoms with Gasteiger partial charge in [-0.15, -0.1) is 11.3 Å². The molecule has 104 valence electrons. The predicted molar refractivity (Wildman–Crippen MR) is 74.4 cm³/mol. The highest BCUT2D eigenvalue weighted by atomic mass is 32.1. The van der Waals surface area contributed by atoms with Gasteiger partial charge in [0.05, 0.1) is 17.9 Å². The molecule has 0 aliphatic heterocycles. The number of methoxy groups -OCH3 is 1. The molecular weight excluding hydrogens is 266 g/mol. The number of nitrogens with one attached hydrogen (secondary N) is 2. The summed E-state index contributed by atoms with van der Waals surface area (Å²) in [5.41, 5.74) is 2.95. The van der Waals surface area contributed by atoms with Gasteiger partial charge in [0.2, 0.25) is 5.91 Å². The summed E-state index contributed by atoms with van der Waals surface area (Å²) in [6.07, 6.45) is 0.147. The van der Waals surface area contributed by atoms with Crippen molar-refractivity contribution < 1.29 is 14.3 Å². The molecule has 0 aliphatic carbocycles. The van der Waals surface area contributed by atoms with E-state index in [0.29, 0.717) is 23.7 Å². The maximum absolute atomic E-state index is 11.6. The van der Waals surface area contributed by atoms with Gasteiger partial charge in [0.1, 0.15) is 0 Å². The summed E-state index contributed by atoms with van der Waals surface area (Å²) in [5.74, 6) is -0.419. The molecule has 0 atom stereocenters. The molecule has 7 heteroatoms. The van der Waals surface area contributed by atoms with Crippen LogP contribution in [0.5, 0.6) is 0 Å². The van der Waals surface area contributed by atoms with Gasteiger partial charge in [0, 0.05) is 19.4 Å². The van der Waals surface area contributed by atoms with Crippen LogP contribution in [-0.2, 0) is 9.53 Å². The van der Waals surface area contributed by atoms with Crippen molar-refractivity contribution in [2.45, 2.75) is 13.3 Å². The molecular formula is C12H17N3O3S. The molecule has 1 aromatic heterocycles. The number of thiophene rings is 1. The summed E-state index contributed by atoms with van der Waals surface area (Å²) in [6, 6.07) is 3.50. The first-order valence-corrected chi connectivity index (χ1v) is 6.64. The highest BCUT2D eigenvalue weighted by Crippen LogP contribution is 2.07. The van der Waals surface area contributed by atoms with E-state index >= 15 is 0 Å². The lowest BCUT2D eigenvalue weighted by Crippen LogP contribution is -2.29. The number of amides is 2. The second-order valence-corrected chi connectivity index (χ2v) is 4.73. The van der Waals surface area contributed by atoms with Crippen molar-refractivity contribution >= 4 is 28.9 Å². The van der Waals surface area contributed by atoms with Gasteiger partial charge in [-0.25, -0.2) is 5.43 Å². The quantitative estimate of drug-likeness (QED) is 0.445. The van der Waals surface area contributed by atoms with Crippen molar-refractivity contribution in [1.29, 1.82) is 0 Å². The minimum absolute atomic E-state index is 0.147. The molecule has 0 radical (unpaired) electrons. The molecule has 2 N–H and O–H groups in total. The second-order valence-electron chi connectivity index (χ2n) is 3.78. The Morgan fingerprint density at radius 1 is 1.47 bits per heavy atom. The van der Waals surface area contributed by atoms with Gasteiger partial charge in [-0.2, -0.15) is 5.10 Å². The van der Waals surface area contributed by atoms with Crippen LogP contribution >= 0.6 is 11.3 Å². The summed E-state index contributed by atoms with van der Waals surface area (Å²) < 4.78 is 4.82. The van der Waals surface area contributed by atoms with Gasteiger partial charge >= 0.3 is 0 Å². The Balaban J connectivity index is 2.32. The maximum atomic E-state index is 11.6. The molecule has 6 nitrogen and oxygen atoms in total. The molecule has 0 spiro atoms. The van der Waals surface area contributed by atoms with Gasteiger partial charge < -0.3 is 10.1 Å². The molecule has 2 amide bonds. The standard InChI is InChI=1S/C12H17N3O3S/c1-9(8-11(16)13-5-6-18-2)14-15-12(17)10-4-3-7-19-10/h3-4,7H,5-6,8H2,1-2H3,(H,13,16)(H,15,17)/b14-9-. The van der Waals surface area contributed by atoms with E-state index in [0.717, 1.165) is 0 Å². The van der Waals surface area contributed by atoms with Crippen LogP contribution in [0.15, 0.2) is 22.6 Å². The minimum Gasteiger partial charge on any atom is -0.383 e. The van der Waals surface area contributed by atoms with Crippen LogP contribution in [0.3, 0.4) is 0 Å². The van der Waals surface area contributed by atoms with E-state index in [1.165, 1.54) is 11.3 Å². The van der Waals surface area contributed by atoms with Crippen LogP contribution in [0.2, 0.25) is 0 Å². The van der Waals surface area contributed by atoms with E-state index in [1.807, 2.05) is 5.38 Å². The molecule has 1 heterocycles. The Bertz CT molecular complexity index is 443. The van der Waals surface area contributed by atoms with Gasteiger partial charge in [-0.3, -0.25) is 9.59 Å². The Morgan fingerprint density at radius 2 is 2.26 bits per heavy atom. The highest BCUT2D eigenvalue weighted by Gasteiger charge is 2.06. The third-order valence-corrected chi connectivity index (χ3v) is 3.01. The SMILES string of the molecule is COCCNC(=O)C/C(C)=N\NC(=O)c1cccs1. The first-order chi connectivity index (χ1) is 9.13. The van der Waals surface area contributed by atoms with E-state index in [2.05, 4.69) is 15.8 Å². The van der Waals surface area contributed by atoms with E-state index in [9.17, 15) is 9.59 Å². The lowest BCUT2D eigenvalue weighted by Gasteiger charge is -2.04. The van der Waals surface area contributed by atoms with Crippen molar-refractivity contribution in [2.75, 3.05) is 20.3 Å². The lowest BCUT2D eigenvalue weighted by molar-refractivity contribution is -0.120. The molecule has 0 saturated carbocycles. The first-order valence-electron chi connectivity index (χ1n) is 5.76. The number of rotatable bonds is 7. The van der Waals surface area contributed by atoms with Crippen molar-refractivity contribution in [3.05, 3.63) is 22.4 Å². The van der Waals surface area contributed by atoms with Crippen molar-refractivity contribution in [2.24, 2.45) is 5.10 Å². The Morgan fingerprint density at radius 3 is 2.89 bits per heavy atom. The fraction of sp³-hybridized carbons (Fsp3) is 0.417. The molecule has 0 bridgehead atoms. The second kappa shape index (κ2) is 8.39. The van der Waals surface area contributed by atoms with Crippen LogP contribution in [0.4, 0.5) is 0 Å². The summed E-state index contributed by atoms with van der Waals surface area (Å²) >= 11 is 1.34. The number of hydrazone groups is 1. The number of hydrogen-bond acceptors (Lipinski definition) is 5. The largest absolute Gasteiger partial charge is 0.383 e. The zero-order chi connectivity index (χ0) is 14.1. The normalized spacial score (nSPS) is 11.2. The Hall–Kier alpha value is -1.73. The molecule has 0 aliphatic rings. The Labute approximate surface area is 115 Å². The molecule has 0 fully saturated rings. The van der Waals surface area contributed by atoms with E-state index < -0.39 is 0 Å². The molecule has 0 aromatic carbocycles. The number of nitrogens with zero attached hydrogens (tertiary/aromatic N) is 1. The highest BCUT2D eigenvalue weighted by molar-refractivity contribution is 7.12. The van der Waals surface area contributed by atoms with Gasteiger partial charge in [0.15, 0.2) is 0 Å². The average molecular weight is 283 g/mol. The zero-order valence-electron chi connectivity index (χ0n) is 10.9. The fourth-order valence-corrected chi connectivity index (χ4v) is 1.85. The van der Waals surface area contributed by atoms with Gasteiger partial charge in [-0.1, -0.05) is 6.07 Å². The zero-order valence-corrected chi connectivity index (χ0v) is 11.8. The molecule has 0 saturated heterocycles. The van der Waals surface area contributed by atoms with E-state index in [-0.39, 0.29) is 18.2 Å². The third kappa shape index (κ3) is 6.12. The first kappa shape index (κ1) is 15.3. The monoisotopic (exact) mass is 283 g/mol. The lowest BCUT2D eigenvalue weighted by atomic mass is 10.3. The minimum atomic E-state index is -0.269. The summed E-state index contributed by atoms with van der Waals surface area (Å²) in [4.78, 5) is 23.6. The van der Waals surface area contributed by atoms with Crippen LogP contribution in [0, 0.1) is 0 Å². The van der Waals surface area contributed by atoms with Crippen LogP contribution in [-0.4, -0.2) is 37.8 Å². The van der Waals surface area contributed by atoms with E-state index in [4.69, 9.17) is 4.74 Å². The predicted octanol–water partition coefficient (Wildman–Crippen LogP) is 1.01.